The number of benzene rings is 2. The summed E-state index contributed by atoms with van der Waals surface area (Å²) in [4.78, 5) is 0. The average molecular weight is 745 g/mol. The van der Waals surface area contributed by atoms with Crippen molar-refractivity contribution in [1.29, 1.82) is 0 Å². The predicted octanol–water partition coefficient (Wildman–Crippen LogP) is 13.5. The van der Waals surface area contributed by atoms with E-state index < -0.39 is 15.8 Å². The summed E-state index contributed by atoms with van der Waals surface area (Å²) in [5, 5.41) is 0. The average Bonchev–Trinajstić information content (AvgIpc) is 2.95. The van der Waals surface area contributed by atoms with Crippen molar-refractivity contribution >= 4 is 34.5 Å². The molecule has 2 heteroatoms. The molecule has 0 unspecified atom stereocenters. The van der Waals surface area contributed by atoms with Gasteiger partial charge in [-0.05, 0) is 0 Å². The first-order valence-corrected chi connectivity index (χ1v) is 24.7. The Morgan fingerprint density at radius 1 is 0.395 bits per heavy atom. The molecule has 0 atom stereocenters. The fraction of sp³-hybridized carbons (Fsp3) is 0.667. The second-order valence-electron chi connectivity index (χ2n) is 11.4. The zero-order chi connectivity index (χ0) is 27.1. The number of unbranched alkanes of at least 4 members (excludes halogenated alkanes) is 18. The molecule has 0 aliphatic carbocycles. The van der Waals surface area contributed by atoms with Gasteiger partial charge in [-0.15, -0.1) is 0 Å². The second-order valence-corrected chi connectivity index (χ2v) is 20.7. The van der Waals surface area contributed by atoms with Crippen LogP contribution in [-0.4, -0.2) is 0 Å². The van der Waals surface area contributed by atoms with Crippen molar-refractivity contribution in [2.24, 2.45) is 0 Å². The Kier molecular flexibility index (Phi) is 21.2. The molecule has 0 spiro atoms. The molecular weight excluding hydrogens is 686 g/mol. The van der Waals surface area contributed by atoms with Gasteiger partial charge < -0.3 is 0 Å². The summed E-state index contributed by atoms with van der Waals surface area (Å²) in [6.07, 6.45) is 30.8. The van der Waals surface area contributed by atoms with Crippen LogP contribution >= 0.6 is 34.5 Å². The van der Waals surface area contributed by atoms with Crippen LogP contribution in [0.25, 0.3) is 0 Å². The summed E-state index contributed by atoms with van der Waals surface area (Å²) in [6, 6.07) is 19.4. The first-order chi connectivity index (χ1) is 18.7. The van der Waals surface area contributed by atoms with Gasteiger partial charge in [0.2, 0.25) is 0 Å². The third-order valence-corrected chi connectivity index (χ3v) is 17.8. The van der Waals surface area contributed by atoms with Crippen LogP contribution in [0.3, 0.4) is 0 Å². The fourth-order valence-corrected chi connectivity index (χ4v) is 11.6. The summed E-state index contributed by atoms with van der Waals surface area (Å²) >= 11 is 1.47. The fourth-order valence-electron chi connectivity index (χ4n) is 5.28. The quantitative estimate of drug-likeness (QED) is 0.0742. The number of aryl methyl sites for hydroxylation is 2. The molecule has 0 nitrogen and oxygen atoms in total. The van der Waals surface area contributed by atoms with Crippen molar-refractivity contribution in [1.82, 2.24) is 0 Å². The van der Waals surface area contributed by atoms with E-state index in [1.807, 2.05) is 0 Å². The Balaban J connectivity index is 1.57. The minimum absolute atomic E-state index is 1.25. The predicted molar refractivity (Wildman–Crippen MR) is 189 cm³/mol. The summed E-state index contributed by atoms with van der Waals surface area (Å²) in [6.45, 7) is 4.60. The van der Waals surface area contributed by atoms with Crippen LogP contribution in [0, 0.1) is 7.14 Å². The zero-order valence-electron chi connectivity index (χ0n) is 24.9. The third-order valence-electron chi connectivity index (χ3n) is 7.85. The van der Waals surface area contributed by atoms with Crippen LogP contribution in [0.15, 0.2) is 48.5 Å². The first kappa shape index (κ1) is 34.1. The van der Waals surface area contributed by atoms with Gasteiger partial charge >= 0.3 is 204 Å². The van der Waals surface area contributed by atoms with Crippen molar-refractivity contribution in [2.75, 3.05) is 0 Å². The van der Waals surface area contributed by atoms with Crippen LogP contribution in [0.5, 0.6) is 0 Å². The van der Waals surface area contributed by atoms with Gasteiger partial charge in [0.25, 0.3) is 0 Å². The van der Waals surface area contributed by atoms with Crippen LogP contribution in [0.1, 0.15) is 153 Å². The van der Waals surface area contributed by atoms with Crippen LogP contribution in [-0.2, 0) is 12.8 Å². The van der Waals surface area contributed by atoms with Gasteiger partial charge in [0.15, 0.2) is 0 Å². The molecule has 0 saturated heterocycles. The Morgan fingerprint density at radius 2 is 0.658 bits per heavy atom. The van der Waals surface area contributed by atoms with Crippen LogP contribution in [0.2, 0.25) is 0 Å². The second kappa shape index (κ2) is 23.6. The Hall–Kier alpha value is -0.100. The van der Waals surface area contributed by atoms with Gasteiger partial charge in [0.1, 0.15) is 0 Å². The molecule has 0 aliphatic rings. The Morgan fingerprint density at radius 3 is 0.947 bits per heavy atom. The van der Waals surface area contributed by atoms with Gasteiger partial charge in [0, 0.05) is 0 Å². The molecule has 2 aromatic carbocycles. The SMILES string of the molecule is CCCCCCCCCCCCc1ccc(I(I)c2ccc(CCCCCCCCCCCC)cc2)cc1. The molecule has 2 rings (SSSR count). The van der Waals surface area contributed by atoms with E-state index in [0.717, 1.165) is 0 Å². The van der Waals surface area contributed by atoms with Crippen molar-refractivity contribution in [3.8, 4) is 0 Å². The molecule has 0 aliphatic heterocycles. The van der Waals surface area contributed by atoms with Crippen LogP contribution in [0.4, 0.5) is 0 Å². The van der Waals surface area contributed by atoms with E-state index in [2.05, 4.69) is 81.0 Å². The monoisotopic (exact) mass is 744 g/mol. The normalized spacial score (nSPS) is 11.7. The van der Waals surface area contributed by atoms with E-state index in [0.29, 0.717) is 0 Å². The molecule has 0 radical (unpaired) electrons. The number of hydrogen-bond acceptors (Lipinski definition) is 0. The van der Waals surface area contributed by atoms with E-state index in [9.17, 15) is 0 Å². The number of hydrogen-bond donors (Lipinski definition) is 0. The maximum absolute atomic E-state index is 2.77. The van der Waals surface area contributed by atoms with Crippen molar-refractivity contribution < 1.29 is 0 Å². The van der Waals surface area contributed by atoms with Gasteiger partial charge in [-0.2, -0.15) is 0 Å². The van der Waals surface area contributed by atoms with E-state index >= 15 is 0 Å². The molecular formula is C36H58I2. The first-order valence-electron chi connectivity index (χ1n) is 16.3. The molecule has 0 fully saturated rings. The molecule has 0 aromatic heterocycles. The molecule has 0 saturated carbocycles. The van der Waals surface area contributed by atoms with Crippen LogP contribution < -0.4 is 0 Å². The summed E-state index contributed by atoms with van der Waals surface area (Å²) in [5.41, 5.74) is 3.06. The summed E-state index contributed by atoms with van der Waals surface area (Å²) in [5.74, 6) is 0. The summed E-state index contributed by atoms with van der Waals surface area (Å²) in [7, 11) is 0. The topological polar surface area (TPSA) is 0 Å². The van der Waals surface area contributed by atoms with Crippen molar-refractivity contribution in [3.05, 3.63) is 66.8 Å². The molecule has 216 valence electrons. The summed E-state index contributed by atoms with van der Waals surface area (Å²) < 4.78 is 3.17. The molecule has 0 N–H and O–H groups in total. The van der Waals surface area contributed by atoms with E-state index in [1.165, 1.54) is 152 Å². The van der Waals surface area contributed by atoms with E-state index in [4.69, 9.17) is 0 Å². The van der Waals surface area contributed by atoms with E-state index in [1.54, 1.807) is 7.14 Å². The zero-order valence-corrected chi connectivity index (χ0v) is 29.2. The van der Waals surface area contributed by atoms with Gasteiger partial charge in [-0.1, -0.05) is 52.4 Å². The molecule has 2 aromatic rings. The number of rotatable bonds is 24. The van der Waals surface area contributed by atoms with Gasteiger partial charge in [-0.25, -0.2) is 0 Å². The van der Waals surface area contributed by atoms with Crippen molar-refractivity contribution in [3.63, 3.8) is 0 Å². The molecule has 0 bridgehead atoms. The molecule has 0 heterocycles. The molecule has 0 amide bonds. The van der Waals surface area contributed by atoms with Crippen molar-refractivity contribution in [2.45, 2.75) is 155 Å². The minimum atomic E-state index is -1.30. The Bertz CT molecular complexity index is 712. The third kappa shape index (κ3) is 16.2. The van der Waals surface area contributed by atoms with Gasteiger partial charge in [0.05, 0.1) is 0 Å². The Labute approximate surface area is 254 Å². The van der Waals surface area contributed by atoms with Gasteiger partial charge in [-0.3, -0.25) is 0 Å². The van der Waals surface area contributed by atoms with E-state index in [-0.39, 0.29) is 0 Å². The number of halogens is 2. The molecule has 38 heavy (non-hydrogen) atoms. The standard InChI is InChI=1S/C36H58I2/c1-3-5-7-9-11-13-15-17-19-21-23-33-25-29-35(30-26-33)38(37)36-31-27-34(28-32-36)24-22-20-18-16-14-12-10-8-6-4-2/h25-32H,3-24H2,1-2H3. The maximum atomic E-state index is 2.77.